The van der Waals surface area contributed by atoms with Gasteiger partial charge in [-0.2, -0.15) is 0 Å². The lowest BCUT2D eigenvalue weighted by molar-refractivity contribution is 0.0781. The molecule has 0 unspecified atom stereocenters. The van der Waals surface area contributed by atoms with E-state index in [9.17, 15) is 4.79 Å². The molecule has 2 aliphatic rings. The number of hydrogen-bond acceptors (Lipinski definition) is 3. The number of carbonyl (C=O) groups excluding carboxylic acids is 1. The zero-order valence-corrected chi connectivity index (χ0v) is 15.0. The molecule has 0 spiro atoms. The first-order valence-electron chi connectivity index (χ1n) is 9.52. The molecule has 26 heavy (non-hydrogen) atoms. The normalized spacial score (nSPS) is 22.4. The molecule has 4 rings (SSSR count). The minimum Gasteiger partial charge on any atom is -0.492 e. The fourth-order valence-corrected chi connectivity index (χ4v) is 3.79. The number of rotatable bonds is 6. The van der Waals surface area contributed by atoms with Gasteiger partial charge in [-0.25, -0.2) is 0 Å². The van der Waals surface area contributed by atoms with Gasteiger partial charge >= 0.3 is 0 Å². The molecule has 4 nitrogen and oxygen atoms in total. The second-order valence-corrected chi connectivity index (χ2v) is 7.47. The summed E-state index contributed by atoms with van der Waals surface area (Å²) >= 11 is 0. The predicted molar refractivity (Wildman–Crippen MR) is 102 cm³/mol. The molecule has 0 aromatic heterocycles. The first kappa shape index (κ1) is 17.1. The Hall–Kier alpha value is -2.33. The topological polar surface area (TPSA) is 55.6 Å². The summed E-state index contributed by atoms with van der Waals surface area (Å²) in [5.41, 5.74) is 7.94. The van der Waals surface area contributed by atoms with Crippen LogP contribution in [-0.2, 0) is 0 Å². The molecule has 1 saturated carbocycles. The summed E-state index contributed by atoms with van der Waals surface area (Å²) < 4.78 is 5.93. The second-order valence-electron chi connectivity index (χ2n) is 7.47. The summed E-state index contributed by atoms with van der Waals surface area (Å²) in [6.07, 6.45) is 2.47. The van der Waals surface area contributed by atoms with E-state index < -0.39 is 0 Å². The Morgan fingerprint density at radius 1 is 1.04 bits per heavy atom. The van der Waals surface area contributed by atoms with Crippen molar-refractivity contribution in [2.75, 3.05) is 26.2 Å². The van der Waals surface area contributed by atoms with Crippen molar-refractivity contribution in [1.29, 1.82) is 0 Å². The molecule has 136 valence electrons. The Bertz CT molecular complexity index is 758. The first-order valence-corrected chi connectivity index (χ1v) is 9.52. The highest BCUT2D eigenvalue weighted by atomic mass is 16.5. The molecule has 1 aliphatic heterocycles. The van der Waals surface area contributed by atoms with Crippen LogP contribution in [0, 0.1) is 11.8 Å². The monoisotopic (exact) mass is 350 g/mol. The van der Waals surface area contributed by atoms with Crippen molar-refractivity contribution in [3.05, 3.63) is 65.7 Å². The zero-order chi connectivity index (χ0) is 17.9. The van der Waals surface area contributed by atoms with Gasteiger partial charge in [-0.05, 0) is 48.9 Å². The van der Waals surface area contributed by atoms with E-state index in [1.165, 1.54) is 18.4 Å². The molecule has 2 atom stereocenters. The van der Waals surface area contributed by atoms with E-state index in [-0.39, 0.29) is 5.91 Å². The quantitative estimate of drug-likeness (QED) is 0.870. The number of ether oxygens (including phenoxy) is 1. The minimum atomic E-state index is 0.0493. The molecule has 2 N–H and O–H groups in total. The standard InChI is InChI=1S/C22H26N2O2/c23-12-18-13-24(14-20(18)17-6-2-1-3-7-17)22(25)19-8-4-5-9-21(19)26-15-16-10-11-16/h1-9,16,18,20H,10-15,23H2/t18-,20+/m1/s1. The first-order chi connectivity index (χ1) is 12.8. The average Bonchev–Trinajstić information content (AvgIpc) is 3.43. The van der Waals surface area contributed by atoms with Crippen molar-refractivity contribution in [2.45, 2.75) is 18.8 Å². The van der Waals surface area contributed by atoms with Crippen molar-refractivity contribution in [1.82, 2.24) is 4.90 Å². The fraction of sp³-hybridized carbons (Fsp3) is 0.409. The molecule has 1 aliphatic carbocycles. The van der Waals surface area contributed by atoms with Gasteiger partial charge in [0.25, 0.3) is 5.91 Å². The van der Waals surface area contributed by atoms with Gasteiger partial charge in [0.15, 0.2) is 0 Å². The highest BCUT2D eigenvalue weighted by Gasteiger charge is 2.36. The highest BCUT2D eigenvalue weighted by molar-refractivity contribution is 5.97. The lowest BCUT2D eigenvalue weighted by Crippen LogP contribution is -2.30. The number of nitrogens with zero attached hydrogens (tertiary/aromatic N) is 1. The molecule has 2 fully saturated rings. The van der Waals surface area contributed by atoms with Crippen molar-refractivity contribution in [3.8, 4) is 5.75 Å². The lowest BCUT2D eigenvalue weighted by atomic mass is 9.89. The number of benzene rings is 2. The number of likely N-dealkylation sites (tertiary alicyclic amines) is 1. The van der Waals surface area contributed by atoms with Gasteiger partial charge in [0.05, 0.1) is 12.2 Å². The van der Waals surface area contributed by atoms with Crippen LogP contribution in [0.25, 0.3) is 0 Å². The number of hydrogen-bond donors (Lipinski definition) is 1. The van der Waals surface area contributed by atoms with Crippen LogP contribution >= 0.6 is 0 Å². The Labute approximate surface area is 155 Å². The van der Waals surface area contributed by atoms with Crippen LogP contribution < -0.4 is 10.5 Å². The molecule has 2 aromatic rings. The van der Waals surface area contributed by atoms with E-state index >= 15 is 0 Å². The Morgan fingerprint density at radius 2 is 1.77 bits per heavy atom. The number of nitrogens with two attached hydrogens (primary N) is 1. The van der Waals surface area contributed by atoms with Crippen molar-refractivity contribution < 1.29 is 9.53 Å². The van der Waals surface area contributed by atoms with Crippen LogP contribution in [0.15, 0.2) is 54.6 Å². The summed E-state index contributed by atoms with van der Waals surface area (Å²) in [6, 6.07) is 18.0. The summed E-state index contributed by atoms with van der Waals surface area (Å²) in [5.74, 6) is 2.00. The van der Waals surface area contributed by atoms with Gasteiger partial charge in [-0.3, -0.25) is 4.79 Å². The van der Waals surface area contributed by atoms with Gasteiger partial charge in [-0.15, -0.1) is 0 Å². The van der Waals surface area contributed by atoms with Gasteiger partial charge in [0.1, 0.15) is 5.75 Å². The molecular weight excluding hydrogens is 324 g/mol. The van der Waals surface area contributed by atoms with E-state index in [1.54, 1.807) is 0 Å². The smallest absolute Gasteiger partial charge is 0.257 e. The average molecular weight is 350 g/mol. The molecule has 0 bridgehead atoms. The van der Waals surface area contributed by atoms with Crippen molar-refractivity contribution in [3.63, 3.8) is 0 Å². The second kappa shape index (κ2) is 7.50. The van der Waals surface area contributed by atoms with E-state index in [2.05, 4.69) is 24.3 Å². The Balaban J connectivity index is 1.51. The van der Waals surface area contributed by atoms with Crippen molar-refractivity contribution in [2.24, 2.45) is 17.6 Å². The third kappa shape index (κ3) is 3.61. The third-order valence-corrected chi connectivity index (χ3v) is 5.55. The van der Waals surface area contributed by atoms with Crippen molar-refractivity contribution >= 4 is 5.91 Å². The zero-order valence-electron chi connectivity index (χ0n) is 15.0. The van der Waals surface area contributed by atoms with Crippen LogP contribution in [0.3, 0.4) is 0 Å². The lowest BCUT2D eigenvalue weighted by Gasteiger charge is -2.19. The van der Waals surface area contributed by atoms with E-state index in [0.29, 0.717) is 55.3 Å². The van der Waals surface area contributed by atoms with Gasteiger partial charge in [0.2, 0.25) is 0 Å². The van der Waals surface area contributed by atoms with E-state index in [4.69, 9.17) is 10.5 Å². The maximum Gasteiger partial charge on any atom is 0.257 e. The van der Waals surface area contributed by atoms with Gasteiger partial charge < -0.3 is 15.4 Å². The van der Waals surface area contributed by atoms with Crippen LogP contribution in [-0.4, -0.2) is 37.0 Å². The number of carbonyl (C=O) groups is 1. The summed E-state index contributed by atoms with van der Waals surface area (Å²) in [5, 5.41) is 0. The molecule has 0 radical (unpaired) electrons. The molecular formula is C22H26N2O2. The largest absolute Gasteiger partial charge is 0.492 e. The van der Waals surface area contributed by atoms with Crippen LogP contribution in [0.1, 0.15) is 34.7 Å². The molecule has 4 heteroatoms. The van der Waals surface area contributed by atoms with Crippen LogP contribution in [0.2, 0.25) is 0 Å². The van der Waals surface area contributed by atoms with Crippen LogP contribution in [0.5, 0.6) is 5.75 Å². The summed E-state index contributed by atoms with van der Waals surface area (Å²) in [4.78, 5) is 15.1. The number of amides is 1. The molecule has 1 amide bonds. The Morgan fingerprint density at radius 3 is 2.50 bits per heavy atom. The molecule has 2 aromatic carbocycles. The summed E-state index contributed by atoms with van der Waals surface area (Å²) in [6.45, 7) is 2.71. The molecule has 1 saturated heterocycles. The predicted octanol–water partition coefficient (Wildman–Crippen LogP) is 3.29. The van der Waals surface area contributed by atoms with Crippen LogP contribution in [0.4, 0.5) is 0 Å². The van der Waals surface area contributed by atoms with E-state index in [0.717, 1.165) is 0 Å². The highest BCUT2D eigenvalue weighted by Crippen LogP contribution is 2.34. The number of para-hydroxylation sites is 1. The van der Waals surface area contributed by atoms with Gasteiger partial charge in [-0.1, -0.05) is 42.5 Å². The minimum absolute atomic E-state index is 0.0493. The third-order valence-electron chi connectivity index (χ3n) is 5.55. The maximum absolute atomic E-state index is 13.2. The van der Waals surface area contributed by atoms with E-state index in [1.807, 2.05) is 35.2 Å². The van der Waals surface area contributed by atoms with Gasteiger partial charge in [0, 0.05) is 19.0 Å². The maximum atomic E-state index is 13.2. The summed E-state index contributed by atoms with van der Waals surface area (Å²) in [7, 11) is 0. The SMILES string of the molecule is NC[C@@H]1CN(C(=O)c2ccccc2OCC2CC2)C[C@H]1c1ccccc1. The Kier molecular flexibility index (Phi) is 4.93. The fourth-order valence-electron chi connectivity index (χ4n) is 3.79. The molecule has 1 heterocycles.